The molecule has 2 amide bonds. The second-order valence-corrected chi connectivity index (χ2v) is 12.6. The number of aromatic nitrogens is 3. The van der Waals surface area contributed by atoms with E-state index in [-0.39, 0.29) is 30.7 Å². The summed E-state index contributed by atoms with van der Waals surface area (Å²) in [5.41, 5.74) is 1.82. The van der Waals surface area contributed by atoms with Crippen LogP contribution in [0.1, 0.15) is 56.6 Å². The van der Waals surface area contributed by atoms with Crippen LogP contribution in [0.5, 0.6) is 0 Å². The van der Waals surface area contributed by atoms with Gasteiger partial charge >= 0.3 is 5.97 Å². The highest BCUT2D eigenvalue weighted by atomic mass is 32.2. The predicted molar refractivity (Wildman–Crippen MR) is 160 cm³/mol. The lowest BCUT2D eigenvalue weighted by Crippen LogP contribution is -2.25. The fourth-order valence-corrected chi connectivity index (χ4v) is 7.27. The highest BCUT2D eigenvalue weighted by molar-refractivity contribution is 8.00. The van der Waals surface area contributed by atoms with Crippen molar-refractivity contribution in [3.63, 3.8) is 0 Å². The van der Waals surface area contributed by atoms with Gasteiger partial charge in [-0.1, -0.05) is 17.8 Å². The van der Waals surface area contributed by atoms with E-state index in [0.717, 1.165) is 41.5 Å². The molecule has 3 heterocycles. The molecule has 1 aliphatic rings. The first-order valence-corrected chi connectivity index (χ1v) is 15.6. The lowest BCUT2D eigenvalue weighted by molar-refractivity contribution is -0.384. The van der Waals surface area contributed by atoms with Crippen molar-refractivity contribution in [1.82, 2.24) is 20.1 Å². The SMILES string of the molecule is CCOC(=O)c1c(NC(=O)C(C)Sc2nnc(CNC(=O)c3cccs3)n2-c2ccc([N+](=O)[O-])cc2)sc2c1CCC2. The average Bonchev–Trinajstić information content (AvgIpc) is 3.77. The molecule has 218 valence electrons. The molecule has 0 aliphatic heterocycles. The Bertz CT molecular complexity index is 1630. The number of carbonyl (C=O) groups is 3. The molecule has 1 aromatic carbocycles. The summed E-state index contributed by atoms with van der Waals surface area (Å²) in [5.74, 6) is -0.676. The van der Waals surface area contributed by atoms with Crippen LogP contribution in [0, 0.1) is 10.1 Å². The molecule has 0 radical (unpaired) electrons. The Hall–Kier alpha value is -4.08. The van der Waals surface area contributed by atoms with Gasteiger partial charge < -0.3 is 15.4 Å². The number of esters is 1. The van der Waals surface area contributed by atoms with Crippen molar-refractivity contribution in [2.75, 3.05) is 11.9 Å². The maximum atomic E-state index is 13.3. The summed E-state index contributed by atoms with van der Waals surface area (Å²) in [5, 5.41) is 27.4. The van der Waals surface area contributed by atoms with E-state index in [1.807, 2.05) is 0 Å². The summed E-state index contributed by atoms with van der Waals surface area (Å²) in [6, 6.07) is 9.32. The molecule has 1 atom stereocenters. The fourth-order valence-electron chi connectivity index (χ4n) is 4.46. The minimum Gasteiger partial charge on any atom is -0.462 e. The molecule has 42 heavy (non-hydrogen) atoms. The first-order valence-electron chi connectivity index (χ1n) is 13.1. The number of fused-ring (bicyclic) bond motifs is 1. The van der Waals surface area contributed by atoms with E-state index < -0.39 is 16.1 Å². The monoisotopic (exact) mass is 626 g/mol. The van der Waals surface area contributed by atoms with E-state index in [2.05, 4.69) is 20.8 Å². The molecule has 0 bridgehead atoms. The molecule has 1 aliphatic carbocycles. The van der Waals surface area contributed by atoms with Gasteiger partial charge in [-0.05, 0) is 62.3 Å². The Kier molecular flexibility index (Phi) is 8.99. The van der Waals surface area contributed by atoms with Crippen molar-refractivity contribution in [2.24, 2.45) is 0 Å². The lowest BCUT2D eigenvalue weighted by atomic mass is 10.1. The van der Waals surface area contributed by atoms with Crippen molar-refractivity contribution in [1.29, 1.82) is 0 Å². The smallest absolute Gasteiger partial charge is 0.341 e. The van der Waals surface area contributed by atoms with E-state index in [1.165, 1.54) is 34.8 Å². The number of carbonyl (C=O) groups excluding carboxylic acids is 3. The summed E-state index contributed by atoms with van der Waals surface area (Å²) in [4.78, 5) is 50.9. The Morgan fingerprint density at radius 1 is 1.19 bits per heavy atom. The quantitative estimate of drug-likeness (QED) is 0.101. The molecule has 0 saturated heterocycles. The highest BCUT2D eigenvalue weighted by Gasteiger charge is 2.30. The van der Waals surface area contributed by atoms with Crippen LogP contribution in [0.3, 0.4) is 0 Å². The van der Waals surface area contributed by atoms with Gasteiger partial charge in [0.2, 0.25) is 5.91 Å². The van der Waals surface area contributed by atoms with Gasteiger partial charge in [-0.3, -0.25) is 24.3 Å². The normalized spacial score (nSPS) is 12.9. The molecule has 3 aromatic heterocycles. The molecule has 0 fully saturated rings. The summed E-state index contributed by atoms with van der Waals surface area (Å²) in [6.45, 7) is 3.71. The number of thioether (sulfide) groups is 1. The topological polar surface area (TPSA) is 158 Å². The van der Waals surface area contributed by atoms with E-state index >= 15 is 0 Å². The van der Waals surface area contributed by atoms with Crippen LogP contribution in [0.4, 0.5) is 10.7 Å². The number of hydrogen-bond acceptors (Lipinski definition) is 11. The number of nitro benzene ring substituents is 1. The summed E-state index contributed by atoms with van der Waals surface area (Å²) >= 11 is 3.84. The molecule has 4 aromatic rings. The third kappa shape index (κ3) is 6.22. The molecular weight excluding hydrogens is 601 g/mol. The van der Waals surface area contributed by atoms with E-state index in [1.54, 1.807) is 48.1 Å². The van der Waals surface area contributed by atoms with Gasteiger partial charge in [0.05, 0.1) is 33.8 Å². The van der Waals surface area contributed by atoms with Gasteiger partial charge in [-0.25, -0.2) is 4.79 Å². The number of amides is 2. The number of rotatable bonds is 11. The highest BCUT2D eigenvalue weighted by Crippen LogP contribution is 2.40. The van der Waals surface area contributed by atoms with Crippen LogP contribution in [-0.2, 0) is 28.9 Å². The molecule has 12 nitrogen and oxygen atoms in total. The number of thiophene rings is 2. The predicted octanol–water partition coefficient (Wildman–Crippen LogP) is 5.01. The minimum atomic E-state index is -0.661. The van der Waals surface area contributed by atoms with Gasteiger partial charge in [-0.15, -0.1) is 32.9 Å². The van der Waals surface area contributed by atoms with Crippen LogP contribution in [0.15, 0.2) is 46.9 Å². The van der Waals surface area contributed by atoms with Gasteiger partial charge in [0.1, 0.15) is 5.00 Å². The number of anilines is 1. The van der Waals surface area contributed by atoms with Crippen LogP contribution in [-0.4, -0.2) is 49.3 Å². The Morgan fingerprint density at radius 2 is 1.98 bits per heavy atom. The van der Waals surface area contributed by atoms with Crippen LogP contribution in [0.25, 0.3) is 5.69 Å². The van der Waals surface area contributed by atoms with Crippen LogP contribution < -0.4 is 10.6 Å². The summed E-state index contributed by atoms with van der Waals surface area (Å²) in [6.07, 6.45) is 2.59. The number of hydrogen-bond donors (Lipinski definition) is 2. The number of aryl methyl sites for hydroxylation is 1. The number of benzene rings is 1. The van der Waals surface area contributed by atoms with Gasteiger partial charge in [0.25, 0.3) is 11.6 Å². The largest absolute Gasteiger partial charge is 0.462 e. The third-order valence-corrected chi connectivity index (χ3v) is 9.58. The van der Waals surface area contributed by atoms with E-state index in [0.29, 0.717) is 32.1 Å². The molecule has 5 rings (SSSR count). The van der Waals surface area contributed by atoms with Crippen LogP contribution >= 0.6 is 34.4 Å². The molecule has 2 N–H and O–H groups in total. The number of nitrogens with one attached hydrogen (secondary N) is 2. The first-order chi connectivity index (χ1) is 20.3. The van der Waals surface area contributed by atoms with E-state index in [4.69, 9.17) is 4.74 Å². The van der Waals surface area contributed by atoms with Gasteiger partial charge in [0, 0.05) is 22.7 Å². The fraction of sp³-hybridized carbons (Fsp3) is 0.296. The molecule has 15 heteroatoms. The van der Waals surface area contributed by atoms with Crippen molar-refractivity contribution < 1.29 is 24.0 Å². The standard InChI is InChI=1S/C27H26N6O6S3/c1-3-39-26(36)22-18-6-4-7-19(18)42-25(22)29-23(34)15(2)41-27-31-30-21(14-28-24(35)20-8-5-13-40-20)32(27)16-9-11-17(12-10-16)33(37)38/h5,8-13,15H,3-4,6-7,14H2,1-2H3,(H,28,35)(H,29,34). The van der Waals surface area contributed by atoms with Gasteiger partial charge in [0.15, 0.2) is 11.0 Å². The molecule has 1 unspecified atom stereocenters. The maximum absolute atomic E-state index is 13.3. The number of nitrogens with zero attached hydrogens (tertiary/aromatic N) is 4. The number of ether oxygens (including phenoxy) is 1. The average molecular weight is 627 g/mol. The zero-order chi connectivity index (χ0) is 29.8. The lowest BCUT2D eigenvalue weighted by Gasteiger charge is -2.14. The van der Waals surface area contributed by atoms with Gasteiger partial charge in [-0.2, -0.15) is 0 Å². The minimum absolute atomic E-state index is 0.0332. The zero-order valence-electron chi connectivity index (χ0n) is 22.6. The van der Waals surface area contributed by atoms with Crippen molar-refractivity contribution >= 4 is 62.9 Å². The first kappa shape index (κ1) is 29.4. The molecule has 0 saturated carbocycles. The van der Waals surface area contributed by atoms with Crippen molar-refractivity contribution in [2.45, 2.75) is 50.1 Å². The Balaban J connectivity index is 1.38. The van der Waals surface area contributed by atoms with Crippen LogP contribution in [0.2, 0.25) is 0 Å². The molecule has 0 spiro atoms. The Labute approximate surface area is 252 Å². The second kappa shape index (κ2) is 12.8. The summed E-state index contributed by atoms with van der Waals surface area (Å²) in [7, 11) is 0. The van der Waals surface area contributed by atoms with Crippen molar-refractivity contribution in [3.8, 4) is 5.69 Å². The number of non-ortho nitro benzene ring substituents is 1. The molecular formula is C27H26N6O6S3. The summed E-state index contributed by atoms with van der Waals surface area (Å²) < 4.78 is 6.91. The zero-order valence-corrected chi connectivity index (χ0v) is 25.1. The van der Waals surface area contributed by atoms with Crippen molar-refractivity contribution in [3.05, 3.63) is 78.6 Å². The second-order valence-electron chi connectivity index (χ2n) is 9.20. The maximum Gasteiger partial charge on any atom is 0.341 e. The Morgan fingerprint density at radius 3 is 2.67 bits per heavy atom. The number of nitro groups is 1. The van der Waals surface area contributed by atoms with E-state index in [9.17, 15) is 24.5 Å². The third-order valence-electron chi connectivity index (χ3n) is 6.46.